The van der Waals surface area contributed by atoms with Crippen molar-refractivity contribution in [3.8, 4) is 5.75 Å². The number of nitrogens with zero attached hydrogens (tertiary/aromatic N) is 5. The van der Waals surface area contributed by atoms with Crippen LogP contribution in [0.2, 0.25) is 0 Å². The number of aromatic nitrogens is 4. The zero-order valence-corrected chi connectivity index (χ0v) is 18.2. The van der Waals surface area contributed by atoms with E-state index in [0.717, 1.165) is 41.3 Å². The minimum atomic E-state index is 0.0480. The number of fused-ring (bicyclic) bond motifs is 1. The predicted octanol–water partition coefficient (Wildman–Crippen LogP) is 3.93. The Labute approximate surface area is 185 Å². The van der Waals surface area contributed by atoms with E-state index in [1.807, 2.05) is 71.8 Å². The molecule has 1 aliphatic heterocycles. The van der Waals surface area contributed by atoms with Gasteiger partial charge in [-0.25, -0.2) is 0 Å². The smallest absolute Gasteiger partial charge is 0.253 e. The number of amides is 1. The number of carbonyl (C=O) groups is 1. The third-order valence-electron chi connectivity index (χ3n) is 6.15. The number of rotatable bonds is 5. The first-order valence-corrected chi connectivity index (χ1v) is 10.8. The summed E-state index contributed by atoms with van der Waals surface area (Å²) < 4.78 is 13.1. The molecular formula is C24H25N5O3. The summed E-state index contributed by atoms with van der Waals surface area (Å²) in [6, 6.07) is 13.2. The van der Waals surface area contributed by atoms with E-state index in [2.05, 4.69) is 15.4 Å². The molecule has 0 saturated carbocycles. The van der Waals surface area contributed by atoms with E-state index < -0.39 is 0 Å². The van der Waals surface area contributed by atoms with Gasteiger partial charge in [0.25, 0.3) is 5.91 Å². The van der Waals surface area contributed by atoms with Crippen LogP contribution in [0.15, 0.2) is 53.2 Å². The van der Waals surface area contributed by atoms with Gasteiger partial charge in [0, 0.05) is 30.8 Å². The topological polar surface area (TPSA) is 85.8 Å². The van der Waals surface area contributed by atoms with Crippen LogP contribution in [0.1, 0.15) is 52.0 Å². The van der Waals surface area contributed by atoms with Gasteiger partial charge >= 0.3 is 0 Å². The molecule has 0 unspecified atom stereocenters. The number of aryl methyl sites for hydroxylation is 2. The molecule has 1 saturated heterocycles. The number of pyridine rings is 1. The molecule has 0 N–H and O–H groups in total. The first kappa shape index (κ1) is 20.2. The monoisotopic (exact) mass is 431 g/mol. The van der Waals surface area contributed by atoms with Crippen LogP contribution in [0.5, 0.6) is 5.75 Å². The van der Waals surface area contributed by atoms with Crippen molar-refractivity contribution in [3.63, 3.8) is 0 Å². The fourth-order valence-electron chi connectivity index (χ4n) is 4.22. The van der Waals surface area contributed by atoms with Gasteiger partial charge < -0.3 is 14.2 Å². The largest absolute Gasteiger partial charge is 0.489 e. The minimum Gasteiger partial charge on any atom is -0.489 e. The van der Waals surface area contributed by atoms with Crippen molar-refractivity contribution in [2.45, 2.75) is 39.2 Å². The van der Waals surface area contributed by atoms with Crippen molar-refractivity contribution in [1.82, 2.24) is 24.7 Å². The normalized spacial score (nSPS) is 14.8. The number of ether oxygens (including phenoxy) is 1. The van der Waals surface area contributed by atoms with E-state index in [-0.39, 0.29) is 5.91 Å². The SMILES string of the molecule is Cc1noc(C)c1COc1ccc(C(=O)N2CCC(c3nnc4ccccn34)CC2)cc1. The van der Waals surface area contributed by atoms with Crippen molar-refractivity contribution in [1.29, 1.82) is 0 Å². The maximum atomic E-state index is 13.0. The number of carbonyl (C=O) groups excluding carboxylic acids is 1. The molecule has 0 radical (unpaired) electrons. The third-order valence-corrected chi connectivity index (χ3v) is 6.15. The van der Waals surface area contributed by atoms with Crippen molar-refractivity contribution >= 4 is 11.6 Å². The second-order valence-electron chi connectivity index (χ2n) is 8.17. The Morgan fingerprint density at radius 2 is 1.88 bits per heavy atom. The fraction of sp³-hybridized carbons (Fsp3) is 0.333. The summed E-state index contributed by atoms with van der Waals surface area (Å²) in [5, 5.41) is 12.6. The summed E-state index contributed by atoms with van der Waals surface area (Å²) in [5.41, 5.74) is 3.31. The molecule has 0 aliphatic carbocycles. The summed E-state index contributed by atoms with van der Waals surface area (Å²) in [6.45, 7) is 5.56. The molecular weight excluding hydrogens is 406 g/mol. The molecule has 0 spiro atoms. The van der Waals surface area contributed by atoms with E-state index in [1.54, 1.807) is 0 Å². The fourth-order valence-corrected chi connectivity index (χ4v) is 4.22. The highest BCUT2D eigenvalue weighted by Gasteiger charge is 2.27. The van der Waals surface area contributed by atoms with Gasteiger partial charge in [0.05, 0.1) is 11.3 Å². The molecule has 164 valence electrons. The van der Waals surface area contributed by atoms with E-state index >= 15 is 0 Å². The van der Waals surface area contributed by atoms with Crippen LogP contribution in [0.4, 0.5) is 0 Å². The van der Waals surface area contributed by atoms with Gasteiger partial charge in [-0.15, -0.1) is 10.2 Å². The van der Waals surface area contributed by atoms with Crippen LogP contribution >= 0.6 is 0 Å². The average Bonchev–Trinajstić information content (AvgIpc) is 3.40. The quantitative estimate of drug-likeness (QED) is 0.476. The van der Waals surface area contributed by atoms with Crippen molar-refractivity contribution in [2.75, 3.05) is 13.1 Å². The summed E-state index contributed by atoms with van der Waals surface area (Å²) in [6.07, 6.45) is 3.75. The Morgan fingerprint density at radius 3 is 2.59 bits per heavy atom. The van der Waals surface area contributed by atoms with Gasteiger partial charge in [-0.3, -0.25) is 9.20 Å². The van der Waals surface area contributed by atoms with Gasteiger partial charge in [0.1, 0.15) is 23.9 Å². The lowest BCUT2D eigenvalue weighted by atomic mass is 9.95. The highest BCUT2D eigenvalue weighted by atomic mass is 16.5. The Bertz CT molecular complexity index is 1220. The number of benzene rings is 1. The average molecular weight is 431 g/mol. The zero-order chi connectivity index (χ0) is 22.1. The van der Waals surface area contributed by atoms with Crippen LogP contribution < -0.4 is 4.74 Å². The molecule has 5 rings (SSSR count). The summed E-state index contributed by atoms with van der Waals surface area (Å²) in [5.74, 6) is 2.80. The Morgan fingerprint density at radius 1 is 1.09 bits per heavy atom. The molecule has 8 nitrogen and oxygen atoms in total. The highest BCUT2D eigenvalue weighted by Crippen LogP contribution is 2.28. The van der Waals surface area contributed by atoms with Gasteiger partial charge in [-0.1, -0.05) is 11.2 Å². The van der Waals surface area contributed by atoms with E-state index in [4.69, 9.17) is 9.26 Å². The second kappa shape index (κ2) is 8.45. The molecule has 4 heterocycles. The Hall–Kier alpha value is -3.68. The molecule has 32 heavy (non-hydrogen) atoms. The zero-order valence-electron chi connectivity index (χ0n) is 18.2. The molecule has 0 bridgehead atoms. The minimum absolute atomic E-state index is 0.0480. The lowest BCUT2D eigenvalue weighted by molar-refractivity contribution is 0.0711. The number of likely N-dealkylation sites (tertiary alicyclic amines) is 1. The second-order valence-corrected chi connectivity index (χ2v) is 8.17. The van der Waals surface area contributed by atoms with Gasteiger partial charge in [0.15, 0.2) is 5.65 Å². The maximum absolute atomic E-state index is 13.0. The van der Waals surface area contributed by atoms with Crippen LogP contribution in [0.25, 0.3) is 5.65 Å². The molecule has 3 aromatic heterocycles. The predicted molar refractivity (Wildman–Crippen MR) is 118 cm³/mol. The number of hydrogen-bond acceptors (Lipinski definition) is 6. The van der Waals surface area contributed by atoms with Gasteiger partial charge in [0.2, 0.25) is 0 Å². The standard InChI is InChI=1S/C24H25N5O3/c1-16-21(17(2)32-27-16)15-31-20-8-6-19(7-9-20)24(30)28-13-10-18(11-14-28)23-26-25-22-5-3-4-12-29(22)23/h3-9,12,18H,10-11,13-15H2,1-2H3. The lowest BCUT2D eigenvalue weighted by Gasteiger charge is -2.31. The van der Waals surface area contributed by atoms with Crippen LogP contribution in [0, 0.1) is 13.8 Å². The summed E-state index contributed by atoms with van der Waals surface area (Å²) >= 11 is 0. The van der Waals surface area contributed by atoms with Crippen LogP contribution in [-0.2, 0) is 6.61 Å². The summed E-state index contributed by atoms with van der Waals surface area (Å²) in [7, 11) is 0. The Kier molecular flexibility index (Phi) is 5.34. The third kappa shape index (κ3) is 3.84. The van der Waals surface area contributed by atoms with Crippen LogP contribution in [-0.4, -0.2) is 43.7 Å². The van der Waals surface area contributed by atoms with Crippen molar-refractivity contribution in [3.05, 3.63) is 77.1 Å². The number of piperidine rings is 1. The highest BCUT2D eigenvalue weighted by molar-refractivity contribution is 5.94. The molecule has 0 atom stereocenters. The molecule has 1 aromatic carbocycles. The molecule has 4 aromatic rings. The Balaban J connectivity index is 1.19. The molecule has 1 amide bonds. The number of hydrogen-bond donors (Lipinski definition) is 0. The maximum Gasteiger partial charge on any atom is 0.253 e. The first-order valence-electron chi connectivity index (χ1n) is 10.8. The lowest BCUT2D eigenvalue weighted by Crippen LogP contribution is -2.38. The molecule has 1 aliphatic rings. The van der Waals surface area contributed by atoms with Crippen molar-refractivity contribution in [2.24, 2.45) is 0 Å². The van der Waals surface area contributed by atoms with E-state index in [9.17, 15) is 4.79 Å². The van der Waals surface area contributed by atoms with Gasteiger partial charge in [-0.05, 0) is 63.1 Å². The molecule has 8 heteroatoms. The van der Waals surface area contributed by atoms with Crippen LogP contribution in [0.3, 0.4) is 0 Å². The first-order chi connectivity index (χ1) is 15.6. The summed E-state index contributed by atoms with van der Waals surface area (Å²) in [4.78, 5) is 14.9. The van der Waals surface area contributed by atoms with E-state index in [0.29, 0.717) is 36.9 Å². The van der Waals surface area contributed by atoms with E-state index in [1.165, 1.54) is 0 Å². The van der Waals surface area contributed by atoms with Crippen molar-refractivity contribution < 1.29 is 14.1 Å². The van der Waals surface area contributed by atoms with Gasteiger partial charge in [-0.2, -0.15) is 0 Å². The molecule has 1 fully saturated rings.